The fraction of sp³-hybridized carbons (Fsp3) is 0.571. The van der Waals surface area contributed by atoms with Gasteiger partial charge in [0.1, 0.15) is 0 Å². The van der Waals surface area contributed by atoms with Crippen LogP contribution in [0.15, 0.2) is 6.20 Å². The maximum atomic E-state index is 11.5. The summed E-state index contributed by atoms with van der Waals surface area (Å²) < 4.78 is 0. The molecule has 110 valence electrons. The molecule has 0 saturated heterocycles. The van der Waals surface area contributed by atoms with E-state index in [1.807, 2.05) is 6.92 Å². The SMILES string of the molecule is CCCC(C)(Cc1ncc(C)c([N+](=O)[O-])c1C)C(=O)O. The molecule has 0 saturated carbocycles. The number of pyridine rings is 1. The molecule has 0 radical (unpaired) electrons. The predicted octanol–water partition coefficient (Wildman–Crippen LogP) is 3.04. The van der Waals surface area contributed by atoms with E-state index in [2.05, 4.69) is 4.98 Å². The summed E-state index contributed by atoms with van der Waals surface area (Å²) >= 11 is 0. The number of rotatable bonds is 6. The van der Waals surface area contributed by atoms with E-state index in [1.165, 1.54) is 6.20 Å². The van der Waals surface area contributed by atoms with Gasteiger partial charge in [-0.2, -0.15) is 0 Å². The number of carbonyl (C=O) groups is 1. The highest BCUT2D eigenvalue weighted by atomic mass is 16.6. The number of nitrogens with zero attached hydrogens (tertiary/aromatic N) is 2. The number of nitro groups is 1. The quantitative estimate of drug-likeness (QED) is 0.638. The Balaban J connectivity index is 3.25. The van der Waals surface area contributed by atoms with Crippen molar-refractivity contribution in [3.05, 3.63) is 33.1 Å². The first-order chi connectivity index (χ1) is 9.23. The fourth-order valence-electron chi connectivity index (χ4n) is 2.42. The van der Waals surface area contributed by atoms with Crippen LogP contribution < -0.4 is 0 Å². The molecule has 0 fully saturated rings. The lowest BCUT2D eigenvalue weighted by Crippen LogP contribution is -2.30. The van der Waals surface area contributed by atoms with E-state index in [4.69, 9.17) is 0 Å². The van der Waals surface area contributed by atoms with Gasteiger partial charge in [-0.1, -0.05) is 13.3 Å². The van der Waals surface area contributed by atoms with Crippen LogP contribution in [0.1, 0.15) is 43.5 Å². The van der Waals surface area contributed by atoms with Gasteiger partial charge in [0.05, 0.1) is 16.0 Å². The van der Waals surface area contributed by atoms with Gasteiger partial charge in [0.15, 0.2) is 0 Å². The molecular formula is C14H20N2O4. The van der Waals surface area contributed by atoms with Crippen LogP contribution in [0.3, 0.4) is 0 Å². The molecular weight excluding hydrogens is 260 g/mol. The van der Waals surface area contributed by atoms with Crippen LogP contribution in [-0.4, -0.2) is 21.0 Å². The molecule has 0 aliphatic carbocycles. The highest BCUT2D eigenvalue weighted by molar-refractivity contribution is 5.74. The third kappa shape index (κ3) is 3.12. The lowest BCUT2D eigenvalue weighted by Gasteiger charge is -2.24. The van der Waals surface area contributed by atoms with E-state index in [0.717, 1.165) is 6.42 Å². The van der Waals surface area contributed by atoms with Crippen molar-refractivity contribution in [1.29, 1.82) is 0 Å². The number of hydrogen-bond acceptors (Lipinski definition) is 4. The highest BCUT2D eigenvalue weighted by Gasteiger charge is 2.34. The van der Waals surface area contributed by atoms with Crippen LogP contribution in [0.2, 0.25) is 0 Å². The molecule has 0 aliphatic heterocycles. The highest BCUT2D eigenvalue weighted by Crippen LogP contribution is 2.32. The Bertz CT molecular complexity index is 542. The van der Waals surface area contributed by atoms with Gasteiger partial charge < -0.3 is 5.11 Å². The van der Waals surface area contributed by atoms with Gasteiger partial charge in [-0.25, -0.2) is 0 Å². The molecule has 1 aromatic heterocycles. The average molecular weight is 280 g/mol. The average Bonchev–Trinajstić information content (AvgIpc) is 2.32. The molecule has 0 amide bonds. The standard InChI is InChI=1S/C14H20N2O4/c1-5-6-14(4,13(17)18)7-11-10(3)12(16(19)20)9(2)8-15-11/h8H,5-7H2,1-4H3,(H,17,18). The van der Waals surface area contributed by atoms with Crippen molar-refractivity contribution < 1.29 is 14.8 Å². The van der Waals surface area contributed by atoms with Gasteiger partial charge in [-0.05, 0) is 27.2 Å². The monoisotopic (exact) mass is 280 g/mol. The molecule has 6 heteroatoms. The first-order valence-electron chi connectivity index (χ1n) is 6.55. The maximum absolute atomic E-state index is 11.5. The summed E-state index contributed by atoms with van der Waals surface area (Å²) in [5.41, 5.74) is 0.512. The van der Waals surface area contributed by atoms with Crippen molar-refractivity contribution in [2.45, 2.75) is 47.0 Å². The zero-order chi connectivity index (χ0) is 15.5. The second kappa shape index (κ2) is 5.98. The van der Waals surface area contributed by atoms with Gasteiger partial charge in [0, 0.05) is 23.7 Å². The molecule has 0 bridgehead atoms. The van der Waals surface area contributed by atoms with Crippen molar-refractivity contribution in [2.24, 2.45) is 5.41 Å². The number of aromatic nitrogens is 1. The Morgan fingerprint density at radius 3 is 2.55 bits per heavy atom. The number of carboxylic acids is 1. The maximum Gasteiger partial charge on any atom is 0.309 e. The fourth-order valence-corrected chi connectivity index (χ4v) is 2.42. The van der Waals surface area contributed by atoms with Crippen LogP contribution in [-0.2, 0) is 11.2 Å². The first kappa shape index (κ1) is 16.1. The van der Waals surface area contributed by atoms with Crippen LogP contribution in [0, 0.1) is 29.4 Å². The minimum Gasteiger partial charge on any atom is -0.481 e. The summed E-state index contributed by atoms with van der Waals surface area (Å²) in [6.07, 6.45) is 2.87. The Kier molecular flexibility index (Phi) is 4.81. The summed E-state index contributed by atoms with van der Waals surface area (Å²) in [6.45, 7) is 6.83. The van der Waals surface area contributed by atoms with Crippen LogP contribution in [0.25, 0.3) is 0 Å². The van der Waals surface area contributed by atoms with Gasteiger partial charge in [-0.3, -0.25) is 19.9 Å². The lowest BCUT2D eigenvalue weighted by atomic mass is 9.80. The number of aliphatic carboxylic acids is 1. The summed E-state index contributed by atoms with van der Waals surface area (Å²) in [4.78, 5) is 26.3. The second-order valence-electron chi connectivity index (χ2n) is 5.41. The number of carboxylic acid groups (broad SMARTS) is 1. The molecule has 20 heavy (non-hydrogen) atoms. The van der Waals surface area contributed by atoms with Crippen molar-refractivity contribution in [3.8, 4) is 0 Å². The topological polar surface area (TPSA) is 93.3 Å². The van der Waals surface area contributed by atoms with E-state index < -0.39 is 16.3 Å². The minimum atomic E-state index is -0.949. The van der Waals surface area contributed by atoms with E-state index in [1.54, 1.807) is 20.8 Å². The summed E-state index contributed by atoms with van der Waals surface area (Å²) in [6, 6.07) is 0. The lowest BCUT2D eigenvalue weighted by molar-refractivity contribution is -0.386. The molecule has 0 spiro atoms. The first-order valence-corrected chi connectivity index (χ1v) is 6.55. The van der Waals surface area contributed by atoms with Gasteiger partial charge in [0.25, 0.3) is 5.69 Å². The molecule has 1 unspecified atom stereocenters. The zero-order valence-corrected chi connectivity index (χ0v) is 12.3. The molecule has 1 atom stereocenters. The molecule has 1 aromatic rings. The molecule has 1 N–H and O–H groups in total. The molecule has 1 rings (SSSR count). The van der Waals surface area contributed by atoms with Gasteiger partial charge in [0.2, 0.25) is 0 Å². The Hall–Kier alpha value is -1.98. The Labute approximate surface area is 118 Å². The van der Waals surface area contributed by atoms with Gasteiger partial charge in [-0.15, -0.1) is 0 Å². The summed E-state index contributed by atoms with van der Waals surface area (Å²) in [5, 5.41) is 20.5. The van der Waals surface area contributed by atoms with E-state index in [9.17, 15) is 20.0 Å². The number of hydrogen-bond donors (Lipinski definition) is 1. The summed E-state index contributed by atoms with van der Waals surface area (Å²) in [7, 11) is 0. The van der Waals surface area contributed by atoms with E-state index in [-0.39, 0.29) is 12.1 Å². The minimum absolute atomic E-state index is 0.0271. The zero-order valence-electron chi connectivity index (χ0n) is 12.3. The van der Waals surface area contributed by atoms with Crippen molar-refractivity contribution in [1.82, 2.24) is 4.98 Å². The van der Waals surface area contributed by atoms with Crippen LogP contribution in [0.5, 0.6) is 0 Å². The third-order valence-electron chi connectivity index (χ3n) is 3.63. The largest absolute Gasteiger partial charge is 0.481 e. The molecule has 0 aliphatic rings. The number of aryl methyl sites for hydroxylation is 1. The van der Waals surface area contributed by atoms with Crippen molar-refractivity contribution >= 4 is 11.7 Å². The van der Waals surface area contributed by atoms with Crippen molar-refractivity contribution in [2.75, 3.05) is 0 Å². The molecule has 1 heterocycles. The summed E-state index contributed by atoms with van der Waals surface area (Å²) in [5.74, 6) is -0.899. The normalized spacial score (nSPS) is 13.8. The van der Waals surface area contributed by atoms with Crippen molar-refractivity contribution in [3.63, 3.8) is 0 Å². The van der Waals surface area contributed by atoms with Crippen LogP contribution >= 0.6 is 0 Å². The van der Waals surface area contributed by atoms with Gasteiger partial charge >= 0.3 is 5.97 Å². The Morgan fingerprint density at radius 1 is 1.50 bits per heavy atom. The molecule has 0 aromatic carbocycles. The third-order valence-corrected chi connectivity index (χ3v) is 3.63. The van der Waals surface area contributed by atoms with E-state index in [0.29, 0.717) is 23.2 Å². The smallest absolute Gasteiger partial charge is 0.309 e. The van der Waals surface area contributed by atoms with E-state index >= 15 is 0 Å². The predicted molar refractivity (Wildman–Crippen MR) is 74.7 cm³/mol. The molecule has 6 nitrogen and oxygen atoms in total. The Morgan fingerprint density at radius 2 is 2.10 bits per heavy atom. The van der Waals surface area contributed by atoms with Crippen LogP contribution in [0.4, 0.5) is 5.69 Å². The second-order valence-corrected chi connectivity index (χ2v) is 5.41.